The smallest absolute Gasteiger partial charge is 0.243 e. The molecule has 2 heterocycles. The number of nitrogens with one attached hydrogen (secondary N) is 1. The van der Waals surface area contributed by atoms with Gasteiger partial charge in [-0.3, -0.25) is 0 Å². The summed E-state index contributed by atoms with van der Waals surface area (Å²) in [5.41, 5.74) is 3.00. The number of anilines is 1. The molecular weight excluding hydrogens is 272 g/mol. The van der Waals surface area contributed by atoms with Gasteiger partial charge in [0, 0.05) is 10.7 Å². The van der Waals surface area contributed by atoms with E-state index in [0.717, 1.165) is 21.9 Å². The minimum atomic E-state index is 0.0893. The van der Waals surface area contributed by atoms with Gasteiger partial charge in [0.2, 0.25) is 5.95 Å². The van der Waals surface area contributed by atoms with E-state index in [2.05, 4.69) is 22.3 Å². The zero-order chi connectivity index (χ0) is 14.1. The molecule has 0 aliphatic heterocycles. The number of nitrogens with zero attached hydrogens (tertiary/aromatic N) is 3. The van der Waals surface area contributed by atoms with Gasteiger partial charge in [-0.05, 0) is 43.7 Å². The van der Waals surface area contributed by atoms with Crippen LogP contribution in [0.2, 0.25) is 5.02 Å². The van der Waals surface area contributed by atoms with E-state index >= 15 is 0 Å². The number of aryl methyl sites for hydroxylation is 1. The fourth-order valence-corrected chi connectivity index (χ4v) is 2.35. The third-order valence-corrected chi connectivity index (χ3v) is 3.48. The quantitative estimate of drug-likeness (QED) is 0.795. The lowest BCUT2D eigenvalue weighted by Gasteiger charge is -2.12. The molecule has 0 fully saturated rings. The number of hydrogen-bond acceptors (Lipinski definition) is 3. The topological polar surface area (TPSA) is 42.2 Å². The molecule has 0 saturated carbocycles. The summed E-state index contributed by atoms with van der Waals surface area (Å²) in [6.07, 6.45) is 0. The number of halogens is 1. The van der Waals surface area contributed by atoms with Gasteiger partial charge < -0.3 is 5.32 Å². The average Bonchev–Trinajstić information content (AvgIpc) is 2.83. The van der Waals surface area contributed by atoms with Gasteiger partial charge in [-0.25, -0.2) is 4.52 Å². The van der Waals surface area contributed by atoms with Crippen molar-refractivity contribution in [3.05, 3.63) is 58.7 Å². The standard InChI is InChI=1S/C15H15ClN4/c1-10-5-3-8-14-18-15(19-20(10)14)17-11(2)12-6-4-7-13(16)9-12/h3-9,11H,1-2H3,(H,17,19). The predicted octanol–water partition coefficient (Wildman–Crippen LogP) is 3.86. The normalized spacial score (nSPS) is 12.6. The molecule has 3 aromatic rings. The van der Waals surface area contributed by atoms with E-state index in [9.17, 15) is 0 Å². The van der Waals surface area contributed by atoms with Gasteiger partial charge in [0.05, 0.1) is 6.04 Å². The number of benzene rings is 1. The molecule has 0 saturated heterocycles. The molecule has 4 nitrogen and oxygen atoms in total. The van der Waals surface area contributed by atoms with Crippen LogP contribution in [-0.2, 0) is 0 Å². The Labute approximate surface area is 122 Å². The van der Waals surface area contributed by atoms with Gasteiger partial charge in [0.15, 0.2) is 5.65 Å². The van der Waals surface area contributed by atoms with Crippen LogP contribution in [0.3, 0.4) is 0 Å². The Hall–Kier alpha value is -2.07. The van der Waals surface area contributed by atoms with E-state index < -0.39 is 0 Å². The summed E-state index contributed by atoms with van der Waals surface area (Å²) in [6.45, 7) is 4.07. The van der Waals surface area contributed by atoms with Crippen molar-refractivity contribution in [1.29, 1.82) is 0 Å². The maximum absolute atomic E-state index is 6.01. The van der Waals surface area contributed by atoms with Gasteiger partial charge in [0.1, 0.15) is 0 Å². The van der Waals surface area contributed by atoms with E-state index in [-0.39, 0.29) is 6.04 Å². The molecule has 0 bridgehead atoms. The zero-order valence-corrected chi connectivity index (χ0v) is 12.1. The Morgan fingerprint density at radius 3 is 2.75 bits per heavy atom. The first-order valence-electron chi connectivity index (χ1n) is 6.48. The zero-order valence-electron chi connectivity index (χ0n) is 11.3. The molecule has 1 N–H and O–H groups in total. The summed E-state index contributed by atoms with van der Waals surface area (Å²) >= 11 is 6.01. The van der Waals surface area contributed by atoms with Crippen molar-refractivity contribution in [3.63, 3.8) is 0 Å². The first kappa shape index (κ1) is 12.9. The molecule has 2 aromatic heterocycles. The fraction of sp³-hybridized carbons (Fsp3) is 0.200. The minimum Gasteiger partial charge on any atom is -0.346 e. The van der Waals surface area contributed by atoms with Crippen LogP contribution in [-0.4, -0.2) is 14.6 Å². The van der Waals surface area contributed by atoms with Gasteiger partial charge in [-0.15, -0.1) is 5.10 Å². The third kappa shape index (κ3) is 2.47. The Morgan fingerprint density at radius 1 is 1.20 bits per heavy atom. The predicted molar refractivity (Wildman–Crippen MR) is 81.2 cm³/mol. The van der Waals surface area contributed by atoms with Crippen molar-refractivity contribution < 1.29 is 0 Å². The Balaban J connectivity index is 1.87. The number of aromatic nitrogens is 3. The summed E-state index contributed by atoms with van der Waals surface area (Å²) in [7, 11) is 0. The van der Waals surface area contributed by atoms with Crippen LogP contribution in [0.15, 0.2) is 42.5 Å². The summed E-state index contributed by atoms with van der Waals surface area (Å²) in [5.74, 6) is 0.617. The molecule has 0 aliphatic rings. The molecule has 3 rings (SSSR count). The van der Waals surface area contributed by atoms with Crippen LogP contribution in [0.4, 0.5) is 5.95 Å². The minimum absolute atomic E-state index is 0.0893. The van der Waals surface area contributed by atoms with Crippen LogP contribution in [0.25, 0.3) is 5.65 Å². The molecule has 1 atom stereocenters. The van der Waals surface area contributed by atoms with Crippen LogP contribution >= 0.6 is 11.6 Å². The highest BCUT2D eigenvalue weighted by atomic mass is 35.5. The highest BCUT2D eigenvalue weighted by molar-refractivity contribution is 6.30. The lowest BCUT2D eigenvalue weighted by molar-refractivity contribution is 0.846. The van der Waals surface area contributed by atoms with Crippen LogP contribution in [0, 0.1) is 6.92 Å². The number of hydrogen-bond donors (Lipinski definition) is 1. The maximum Gasteiger partial charge on any atom is 0.243 e. The SMILES string of the molecule is Cc1cccc2nc(NC(C)c3cccc(Cl)c3)nn12. The molecule has 0 amide bonds. The molecule has 0 aliphatic carbocycles. The summed E-state index contributed by atoms with van der Waals surface area (Å²) < 4.78 is 1.83. The number of rotatable bonds is 3. The number of pyridine rings is 1. The highest BCUT2D eigenvalue weighted by Crippen LogP contribution is 2.20. The van der Waals surface area contributed by atoms with Gasteiger partial charge in [-0.2, -0.15) is 4.98 Å². The molecule has 20 heavy (non-hydrogen) atoms. The summed E-state index contributed by atoms with van der Waals surface area (Å²) in [6, 6.07) is 13.8. The first-order valence-corrected chi connectivity index (χ1v) is 6.86. The van der Waals surface area contributed by atoms with Crippen molar-refractivity contribution in [2.24, 2.45) is 0 Å². The van der Waals surface area contributed by atoms with Gasteiger partial charge >= 0.3 is 0 Å². The second kappa shape index (κ2) is 5.13. The lowest BCUT2D eigenvalue weighted by Crippen LogP contribution is -2.08. The van der Waals surface area contributed by atoms with Crippen molar-refractivity contribution in [2.75, 3.05) is 5.32 Å². The second-order valence-corrected chi connectivity index (χ2v) is 5.23. The molecule has 1 aromatic carbocycles. The van der Waals surface area contributed by atoms with E-state index in [4.69, 9.17) is 11.6 Å². The van der Waals surface area contributed by atoms with Crippen molar-refractivity contribution in [2.45, 2.75) is 19.9 Å². The fourth-order valence-electron chi connectivity index (χ4n) is 2.15. The van der Waals surface area contributed by atoms with E-state index in [1.165, 1.54) is 0 Å². The van der Waals surface area contributed by atoms with Crippen LogP contribution in [0.5, 0.6) is 0 Å². The van der Waals surface area contributed by atoms with Crippen LogP contribution < -0.4 is 5.32 Å². The Bertz CT molecular complexity index is 750. The summed E-state index contributed by atoms with van der Waals surface area (Å²) in [5, 5.41) is 8.49. The largest absolute Gasteiger partial charge is 0.346 e. The molecular formula is C15H15ClN4. The highest BCUT2D eigenvalue weighted by Gasteiger charge is 2.10. The van der Waals surface area contributed by atoms with Crippen LogP contribution in [0.1, 0.15) is 24.2 Å². The monoisotopic (exact) mass is 286 g/mol. The van der Waals surface area contributed by atoms with E-state index in [0.29, 0.717) is 5.95 Å². The number of fused-ring (bicyclic) bond motifs is 1. The van der Waals surface area contributed by atoms with E-state index in [1.54, 1.807) is 0 Å². The van der Waals surface area contributed by atoms with Gasteiger partial charge in [-0.1, -0.05) is 29.8 Å². The van der Waals surface area contributed by atoms with Crippen molar-refractivity contribution >= 4 is 23.2 Å². The Morgan fingerprint density at radius 2 is 2.00 bits per heavy atom. The maximum atomic E-state index is 6.01. The van der Waals surface area contributed by atoms with Crippen molar-refractivity contribution in [3.8, 4) is 0 Å². The first-order chi connectivity index (χ1) is 9.63. The average molecular weight is 287 g/mol. The van der Waals surface area contributed by atoms with E-state index in [1.807, 2.05) is 53.9 Å². The molecule has 1 unspecified atom stereocenters. The summed E-state index contributed by atoms with van der Waals surface area (Å²) in [4.78, 5) is 4.47. The van der Waals surface area contributed by atoms with Crippen molar-refractivity contribution in [1.82, 2.24) is 14.6 Å². The molecule has 5 heteroatoms. The third-order valence-electron chi connectivity index (χ3n) is 3.24. The second-order valence-electron chi connectivity index (χ2n) is 4.79. The lowest BCUT2D eigenvalue weighted by atomic mass is 10.1. The molecule has 102 valence electrons. The van der Waals surface area contributed by atoms with Gasteiger partial charge in [0.25, 0.3) is 0 Å². The Kier molecular flexibility index (Phi) is 3.32. The molecule has 0 radical (unpaired) electrons. The molecule has 0 spiro atoms.